The molecule has 2 aliphatic heterocycles. The highest BCUT2D eigenvalue weighted by molar-refractivity contribution is 7.14. The molecule has 10 nitrogen and oxygen atoms in total. The summed E-state index contributed by atoms with van der Waals surface area (Å²) in [4.78, 5) is 49.6. The van der Waals surface area contributed by atoms with E-state index in [4.69, 9.17) is 0 Å². The molecule has 4 heterocycles. The van der Waals surface area contributed by atoms with E-state index in [1.807, 2.05) is 54.1 Å². The van der Waals surface area contributed by atoms with Gasteiger partial charge in [0.25, 0.3) is 11.5 Å². The fraction of sp³-hybridized carbons (Fsp3) is 0.394. The smallest absolute Gasteiger partial charge is 0.293 e. The maximum Gasteiger partial charge on any atom is 0.293 e. The number of fused-ring (bicyclic) bond motifs is 1. The molecular weight excluding hydrogens is 593 g/mol. The lowest BCUT2D eigenvalue weighted by molar-refractivity contribution is -0.140. The van der Waals surface area contributed by atoms with Crippen LogP contribution in [0.2, 0.25) is 0 Å². The maximum atomic E-state index is 15.0. The van der Waals surface area contributed by atoms with E-state index in [0.29, 0.717) is 29.3 Å². The van der Waals surface area contributed by atoms with E-state index in [1.54, 1.807) is 26.2 Å². The number of benzene rings is 1. The average molecular weight is 632 g/mol. The Morgan fingerprint density at radius 3 is 2.64 bits per heavy atom. The Morgan fingerprint density at radius 1 is 1.16 bits per heavy atom. The third kappa shape index (κ3) is 6.04. The van der Waals surface area contributed by atoms with Crippen LogP contribution in [0.1, 0.15) is 64.1 Å². The van der Waals surface area contributed by atoms with Crippen molar-refractivity contribution >= 4 is 34.7 Å². The molecule has 0 spiro atoms. The van der Waals surface area contributed by atoms with Gasteiger partial charge in [-0.05, 0) is 82.0 Å². The lowest BCUT2D eigenvalue weighted by Crippen LogP contribution is -2.50. The molecule has 45 heavy (non-hydrogen) atoms. The van der Waals surface area contributed by atoms with Gasteiger partial charge in [-0.1, -0.05) is 18.2 Å². The minimum atomic E-state index is -1.03. The number of nitrogens with one attached hydrogen (secondary N) is 3. The van der Waals surface area contributed by atoms with Gasteiger partial charge in [-0.15, -0.1) is 11.3 Å². The van der Waals surface area contributed by atoms with Gasteiger partial charge in [0.05, 0.1) is 16.1 Å². The summed E-state index contributed by atoms with van der Waals surface area (Å²) in [6, 6.07) is 8.96. The molecule has 1 aromatic carbocycles. The molecule has 236 valence electrons. The standard InChI is InChI=1S/C33H38FN7O3S/c1-5-41-17-16-39(3)27(31(41)43)20-10-12-22(13-11-20)35-29-32(44)40(4)19-26(36-29)33(2)15-14-23(34)28(38-33)37-30(42)25-18-21-8-6-7-9-24(21)45-25/h10-15,18-19,27,38H,5-9,16-17H2,1-4H3,(H,35,36)(H,37,42). The van der Waals surface area contributed by atoms with Crippen LogP contribution < -0.4 is 21.5 Å². The Labute approximate surface area is 265 Å². The third-order valence-electron chi connectivity index (χ3n) is 8.83. The number of aromatic nitrogens is 2. The molecule has 0 saturated carbocycles. The second-order valence-electron chi connectivity index (χ2n) is 12.0. The van der Waals surface area contributed by atoms with Crippen molar-refractivity contribution in [1.82, 2.24) is 30.0 Å². The SMILES string of the molecule is CCN1CCN(C)C(c2ccc(Nc3nc(C4(C)C=CC(F)=C(NC(=O)c5cc6c(s5)CCCC6)N4)cn(C)c3=O)cc2)C1=O. The predicted octanol–water partition coefficient (Wildman–Crippen LogP) is 4.24. The molecule has 3 aromatic rings. The fourth-order valence-corrected chi connectivity index (χ4v) is 7.26. The number of piperazine rings is 1. The maximum absolute atomic E-state index is 15.0. The van der Waals surface area contributed by atoms with Crippen LogP contribution in [0.25, 0.3) is 0 Å². The average Bonchev–Trinajstić information content (AvgIpc) is 3.47. The predicted molar refractivity (Wildman–Crippen MR) is 173 cm³/mol. The second-order valence-corrected chi connectivity index (χ2v) is 13.2. The highest BCUT2D eigenvalue weighted by Gasteiger charge is 2.34. The number of rotatable bonds is 7. The molecule has 12 heteroatoms. The first-order chi connectivity index (χ1) is 21.6. The number of aryl methyl sites for hydroxylation is 3. The Balaban J connectivity index is 1.20. The van der Waals surface area contributed by atoms with Crippen molar-refractivity contribution in [3.05, 3.63) is 97.3 Å². The van der Waals surface area contributed by atoms with E-state index < -0.39 is 11.4 Å². The van der Waals surface area contributed by atoms with E-state index >= 15 is 0 Å². The number of halogens is 1. The van der Waals surface area contributed by atoms with Crippen molar-refractivity contribution < 1.29 is 14.0 Å². The van der Waals surface area contributed by atoms with Gasteiger partial charge in [0, 0.05) is 43.4 Å². The first kappa shape index (κ1) is 30.7. The summed E-state index contributed by atoms with van der Waals surface area (Å²) in [5.41, 5.74) is 1.78. The third-order valence-corrected chi connectivity index (χ3v) is 10.1. The van der Waals surface area contributed by atoms with E-state index in [2.05, 4.69) is 20.9 Å². The number of dihydropyridines is 1. The van der Waals surface area contributed by atoms with Gasteiger partial charge in [-0.25, -0.2) is 9.37 Å². The molecule has 0 radical (unpaired) electrons. The largest absolute Gasteiger partial charge is 0.355 e. The van der Waals surface area contributed by atoms with Crippen LogP contribution in [0, 0.1) is 0 Å². The molecule has 6 rings (SSSR count). The molecule has 3 N–H and O–H groups in total. The number of carbonyl (C=O) groups excluding carboxylic acids is 2. The van der Waals surface area contributed by atoms with Crippen molar-refractivity contribution in [1.29, 1.82) is 0 Å². The molecule has 3 aliphatic rings. The molecule has 2 aromatic heterocycles. The van der Waals surface area contributed by atoms with Crippen molar-refractivity contribution in [3.8, 4) is 0 Å². The Bertz CT molecular complexity index is 1740. The van der Waals surface area contributed by atoms with Gasteiger partial charge in [0.15, 0.2) is 11.6 Å². The van der Waals surface area contributed by atoms with Gasteiger partial charge in [-0.2, -0.15) is 0 Å². The number of anilines is 2. The molecule has 1 fully saturated rings. The summed E-state index contributed by atoms with van der Waals surface area (Å²) in [5, 5.41) is 8.94. The molecule has 1 aliphatic carbocycles. The summed E-state index contributed by atoms with van der Waals surface area (Å²) in [6.07, 6.45) is 8.67. The lowest BCUT2D eigenvalue weighted by Gasteiger charge is -2.38. The summed E-state index contributed by atoms with van der Waals surface area (Å²) >= 11 is 1.46. The normalized spacial score (nSPS) is 21.8. The second kappa shape index (κ2) is 12.2. The van der Waals surface area contributed by atoms with E-state index in [1.165, 1.54) is 32.4 Å². The Kier molecular flexibility index (Phi) is 8.36. The van der Waals surface area contributed by atoms with Crippen LogP contribution in [0.4, 0.5) is 15.9 Å². The molecule has 2 unspecified atom stereocenters. The van der Waals surface area contributed by atoms with Crippen LogP contribution >= 0.6 is 11.3 Å². The zero-order chi connectivity index (χ0) is 31.9. The number of allylic oxidation sites excluding steroid dienone is 2. The van der Waals surface area contributed by atoms with Crippen molar-refractivity contribution in [2.24, 2.45) is 7.05 Å². The van der Waals surface area contributed by atoms with E-state index in [0.717, 1.165) is 37.8 Å². The molecule has 2 atom stereocenters. The topological polar surface area (TPSA) is 112 Å². The fourth-order valence-electron chi connectivity index (χ4n) is 6.12. The van der Waals surface area contributed by atoms with Crippen LogP contribution in [0.5, 0.6) is 0 Å². The molecule has 1 saturated heterocycles. The summed E-state index contributed by atoms with van der Waals surface area (Å²) in [6.45, 7) is 5.95. The zero-order valence-corrected chi connectivity index (χ0v) is 26.8. The number of hydrogen-bond donors (Lipinski definition) is 3. The Hall–Kier alpha value is -4.29. The molecule has 2 amide bonds. The minimum Gasteiger partial charge on any atom is -0.355 e. The highest BCUT2D eigenvalue weighted by atomic mass is 32.1. The highest BCUT2D eigenvalue weighted by Crippen LogP contribution is 2.32. The van der Waals surface area contributed by atoms with E-state index in [-0.39, 0.29) is 35.1 Å². The van der Waals surface area contributed by atoms with Crippen LogP contribution in [0.15, 0.2) is 65.1 Å². The summed E-state index contributed by atoms with van der Waals surface area (Å²) in [5.74, 6) is -0.859. The monoisotopic (exact) mass is 631 g/mol. The zero-order valence-electron chi connectivity index (χ0n) is 25.9. The minimum absolute atomic E-state index is 0.0546. The van der Waals surface area contributed by atoms with Gasteiger partial charge < -0.3 is 25.4 Å². The van der Waals surface area contributed by atoms with Crippen molar-refractivity contribution in [2.75, 3.05) is 32.0 Å². The first-order valence-electron chi connectivity index (χ1n) is 15.3. The number of likely N-dealkylation sites (N-methyl/N-ethyl adjacent to an activating group) is 2. The Morgan fingerprint density at radius 2 is 1.91 bits per heavy atom. The number of hydrogen-bond acceptors (Lipinski definition) is 8. The van der Waals surface area contributed by atoms with Crippen LogP contribution in [-0.4, -0.2) is 57.8 Å². The number of amides is 2. The van der Waals surface area contributed by atoms with Crippen molar-refractivity contribution in [3.63, 3.8) is 0 Å². The summed E-state index contributed by atoms with van der Waals surface area (Å²) in [7, 11) is 3.57. The number of carbonyl (C=O) groups is 2. The van der Waals surface area contributed by atoms with Gasteiger partial charge in [0.1, 0.15) is 11.9 Å². The van der Waals surface area contributed by atoms with Crippen LogP contribution in [-0.2, 0) is 30.2 Å². The van der Waals surface area contributed by atoms with Gasteiger partial charge >= 0.3 is 0 Å². The van der Waals surface area contributed by atoms with E-state index in [9.17, 15) is 18.8 Å². The quantitative estimate of drug-likeness (QED) is 0.358. The molecular formula is C33H38FN7O3S. The molecule has 0 bridgehead atoms. The lowest BCUT2D eigenvalue weighted by atomic mass is 9.95. The number of nitrogens with zero attached hydrogens (tertiary/aromatic N) is 4. The van der Waals surface area contributed by atoms with Crippen LogP contribution in [0.3, 0.4) is 0 Å². The van der Waals surface area contributed by atoms with Gasteiger partial charge in [0.2, 0.25) is 5.91 Å². The first-order valence-corrected chi connectivity index (χ1v) is 16.1. The number of thiophene rings is 1. The summed E-state index contributed by atoms with van der Waals surface area (Å²) < 4.78 is 16.4. The van der Waals surface area contributed by atoms with Gasteiger partial charge in [-0.3, -0.25) is 19.3 Å². The van der Waals surface area contributed by atoms with Crippen molar-refractivity contribution in [2.45, 2.75) is 51.1 Å².